The lowest BCUT2D eigenvalue weighted by Gasteiger charge is -2.21. The Kier molecular flexibility index (Phi) is 7.04. The van der Waals surface area contributed by atoms with Crippen LogP contribution in [0, 0.1) is 36.9 Å². The number of hydrogen-bond donors (Lipinski definition) is 2. The van der Waals surface area contributed by atoms with Crippen LogP contribution in [0.5, 0.6) is 0 Å². The van der Waals surface area contributed by atoms with Gasteiger partial charge in [-0.1, -0.05) is 24.3 Å². The van der Waals surface area contributed by atoms with Crippen molar-refractivity contribution in [3.63, 3.8) is 0 Å². The summed E-state index contributed by atoms with van der Waals surface area (Å²) in [5.41, 5.74) is 4.87. The Morgan fingerprint density at radius 2 is 1.90 bits per heavy atom. The van der Waals surface area contributed by atoms with Crippen LogP contribution in [0.3, 0.4) is 0 Å². The molecule has 1 fully saturated rings. The highest BCUT2D eigenvalue weighted by molar-refractivity contribution is 6.03. The van der Waals surface area contributed by atoms with Gasteiger partial charge in [-0.3, -0.25) is 9.78 Å². The van der Waals surface area contributed by atoms with Crippen LogP contribution in [0.4, 0.5) is 10.1 Å². The van der Waals surface area contributed by atoms with Crippen molar-refractivity contribution in [2.24, 2.45) is 5.92 Å². The fraction of sp³-hybridized carbons (Fsp3) is 0.212. The molecule has 1 saturated carbocycles. The molecule has 1 amide bonds. The van der Waals surface area contributed by atoms with Crippen molar-refractivity contribution in [1.29, 1.82) is 5.26 Å². The molecule has 2 heterocycles. The van der Waals surface area contributed by atoms with Gasteiger partial charge >= 0.3 is 0 Å². The van der Waals surface area contributed by atoms with Crippen molar-refractivity contribution >= 4 is 22.4 Å². The summed E-state index contributed by atoms with van der Waals surface area (Å²) >= 11 is 0. The third kappa shape index (κ3) is 5.58. The zero-order chi connectivity index (χ0) is 28.5. The predicted octanol–water partition coefficient (Wildman–Crippen LogP) is 6.39. The lowest BCUT2D eigenvalue weighted by atomic mass is 9.96. The number of aryl methyl sites for hydroxylation is 2. The highest BCUT2D eigenvalue weighted by Crippen LogP contribution is 2.32. The molecule has 2 aromatic heterocycles. The van der Waals surface area contributed by atoms with Gasteiger partial charge in [0.15, 0.2) is 0 Å². The van der Waals surface area contributed by atoms with E-state index >= 15 is 4.39 Å². The van der Waals surface area contributed by atoms with Gasteiger partial charge in [0, 0.05) is 17.3 Å². The Morgan fingerprint density at radius 3 is 2.71 bits per heavy atom. The molecule has 2 N–H and O–H groups in total. The van der Waals surface area contributed by atoms with E-state index in [1.165, 1.54) is 18.9 Å². The zero-order valence-electron chi connectivity index (χ0n) is 22.9. The highest BCUT2D eigenvalue weighted by Gasteiger charge is 2.25. The van der Waals surface area contributed by atoms with Gasteiger partial charge < -0.3 is 10.6 Å². The van der Waals surface area contributed by atoms with Crippen molar-refractivity contribution in [3.8, 4) is 11.8 Å². The van der Waals surface area contributed by atoms with E-state index in [2.05, 4.69) is 26.8 Å². The number of nitrogens with zero attached hydrogens (tertiary/aromatic N) is 4. The number of pyridine rings is 1. The van der Waals surface area contributed by atoms with E-state index in [1.54, 1.807) is 35.1 Å². The molecule has 1 aliphatic rings. The van der Waals surface area contributed by atoms with Crippen molar-refractivity contribution in [3.05, 3.63) is 119 Å². The standard InChI is InChI=1S/C33H29FN6O/c1-20-14-31(40(39-20)27-10-8-24-12-13-36-21(2)28(24)17-27)33(41)38-30-16-26(9-11-29(30)34)32(37-19-22-6-7-22)25-5-3-4-23(15-25)18-35/h3-5,8-17,22,32,37H,6-7,19H2,1-2H3,(H,38,41). The summed E-state index contributed by atoms with van der Waals surface area (Å²) in [6.45, 7) is 4.57. The molecule has 1 aliphatic carbocycles. The topological polar surface area (TPSA) is 95.6 Å². The first-order valence-electron chi connectivity index (χ1n) is 13.7. The van der Waals surface area contributed by atoms with Gasteiger partial charge in [0.2, 0.25) is 0 Å². The van der Waals surface area contributed by atoms with Crippen LogP contribution < -0.4 is 10.6 Å². The molecule has 1 unspecified atom stereocenters. The second-order valence-corrected chi connectivity index (χ2v) is 10.6. The van der Waals surface area contributed by atoms with Crippen LogP contribution in [0.2, 0.25) is 0 Å². The highest BCUT2D eigenvalue weighted by atomic mass is 19.1. The summed E-state index contributed by atoms with van der Waals surface area (Å²) in [6, 6.07) is 23.5. The average molecular weight is 545 g/mol. The molecule has 1 atom stereocenters. The first-order valence-corrected chi connectivity index (χ1v) is 13.7. The minimum atomic E-state index is -0.538. The molecule has 0 bridgehead atoms. The molecule has 8 heteroatoms. The molecule has 3 aromatic carbocycles. The number of rotatable bonds is 8. The molecule has 0 radical (unpaired) electrons. The predicted molar refractivity (Wildman–Crippen MR) is 156 cm³/mol. The van der Waals surface area contributed by atoms with Gasteiger partial charge in [0.25, 0.3) is 5.91 Å². The number of fused-ring (bicyclic) bond motifs is 1. The van der Waals surface area contributed by atoms with Crippen LogP contribution >= 0.6 is 0 Å². The summed E-state index contributed by atoms with van der Waals surface area (Å²) in [5.74, 6) is -0.392. The maximum atomic E-state index is 15.1. The number of hydrogen-bond acceptors (Lipinski definition) is 5. The Balaban J connectivity index is 1.32. The SMILES string of the molecule is Cc1cc(C(=O)Nc2cc(C(NCC3CC3)c3cccc(C#N)c3)ccc2F)n(-c2ccc3ccnc(C)c3c2)n1. The van der Waals surface area contributed by atoms with Crippen LogP contribution in [0.25, 0.3) is 16.5 Å². The van der Waals surface area contributed by atoms with E-state index in [9.17, 15) is 10.1 Å². The van der Waals surface area contributed by atoms with Crippen LogP contribution in [-0.2, 0) is 0 Å². The van der Waals surface area contributed by atoms with E-state index in [0.717, 1.165) is 34.1 Å². The second-order valence-electron chi connectivity index (χ2n) is 10.6. The number of anilines is 1. The first kappa shape index (κ1) is 26.4. The largest absolute Gasteiger partial charge is 0.318 e. The number of nitriles is 1. The number of aromatic nitrogens is 3. The summed E-state index contributed by atoms with van der Waals surface area (Å²) in [7, 11) is 0. The Labute approximate surface area is 237 Å². The third-order valence-corrected chi connectivity index (χ3v) is 7.49. The summed E-state index contributed by atoms with van der Waals surface area (Å²) in [4.78, 5) is 17.9. The van der Waals surface area contributed by atoms with E-state index < -0.39 is 11.7 Å². The van der Waals surface area contributed by atoms with Crippen LogP contribution in [-0.4, -0.2) is 27.2 Å². The maximum Gasteiger partial charge on any atom is 0.274 e. The van der Waals surface area contributed by atoms with Gasteiger partial charge in [-0.15, -0.1) is 0 Å². The number of amides is 1. The number of nitrogens with one attached hydrogen (secondary N) is 2. The Bertz CT molecular complexity index is 1820. The minimum absolute atomic E-state index is 0.0751. The number of carbonyl (C=O) groups is 1. The molecule has 204 valence electrons. The zero-order valence-corrected chi connectivity index (χ0v) is 22.9. The number of carbonyl (C=O) groups excluding carboxylic acids is 1. The molecule has 41 heavy (non-hydrogen) atoms. The molecule has 0 aliphatic heterocycles. The maximum absolute atomic E-state index is 15.1. The lowest BCUT2D eigenvalue weighted by molar-refractivity contribution is 0.101. The molecule has 6 rings (SSSR count). The van der Waals surface area contributed by atoms with Crippen LogP contribution in [0.15, 0.2) is 79.0 Å². The lowest BCUT2D eigenvalue weighted by Crippen LogP contribution is -2.25. The summed E-state index contributed by atoms with van der Waals surface area (Å²) < 4.78 is 16.7. The van der Waals surface area contributed by atoms with Gasteiger partial charge in [0.05, 0.1) is 34.7 Å². The van der Waals surface area contributed by atoms with Crippen molar-refractivity contribution in [2.75, 3.05) is 11.9 Å². The molecular weight excluding hydrogens is 515 g/mol. The van der Waals surface area contributed by atoms with Crippen molar-refractivity contribution in [1.82, 2.24) is 20.1 Å². The fourth-order valence-electron chi connectivity index (χ4n) is 5.12. The molecule has 5 aromatic rings. The van der Waals surface area contributed by atoms with Crippen molar-refractivity contribution in [2.45, 2.75) is 32.7 Å². The van der Waals surface area contributed by atoms with Gasteiger partial charge in [-0.2, -0.15) is 10.4 Å². The monoisotopic (exact) mass is 544 g/mol. The fourth-order valence-corrected chi connectivity index (χ4v) is 5.12. The minimum Gasteiger partial charge on any atom is -0.318 e. The number of halogens is 1. The second kappa shape index (κ2) is 11.0. The van der Waals surface area contributed by atoms with Crippen molar-refractivity contribution < 1.29 is 9.18 Å². The molecule has 7 nitrogen and oxygen atoms in total. The van der Waals surface area contributed by atoms with E-state index in [-0.39, 0.29) is 11.7 Å². The first-order chi connectivity index (χ1) is 19.9. The summed E-state index contributed by atoms with van der Waals surface area (Å²) in [6.07, 6.45) is 4.13. The Morgan fingerprint density at radius 1 is 1.07 bits per heavy atom. The van der Waals surface area contributed by atoms with E-state index in [0.29, 0.717) is 28.6 Å². The average Bonchev–Trinajstić information content (AvgIpc) is 3.73. The van der Waals surface area contributed by atoms with Gasteiger partial charge in [0.1, 0.15) is 11.5 Å². The summed E-state index contributed by atoms with van der Waals surface area (Å²) in [5, 5.41) is 22.4. The Hall–Kier alpha value is -4.87. The van der Waals surface area contributed by atoms with Crippen LogP contribution in [0.1, 0.15) is 57.5 Å². The van der Waals surface area contributed by atoms with Gasteiger partial charge in [-0.25, -0.2) is 9.07 Å². The molecule has 0 saturated heterocycles. The normalized spacial score (nSPS) is 13.6. The third-order valence-electron chi connectivity index (χ3n) is 7.49. The van der Waals surface area contributed by atoms with E-state index in [4.69, 9.17) is 0 Å². The quantitative estimate of drug-likeness (QED) is 0.236. The number of benzene rings is 3. The molecular formula is C33H29FN6O. The van der Waals surface area contributed by atoms with E-state index in [1.807, 2.05) is 56.3 Å². The van der Waals surface area contributed by atoms with Gasteiger partial charge in [-0.05, 0) is 104 Å². The smallest absolute Gasteiger partial charge is 0.274 e. The molecule has 0 spiro atoms.